The van der Waals surface area contributed by atoms with Crippen molar-refractivity contribution < 1.29 is 15.6 Å². The van der Waals surface area contributed by atoms with Gasteiger partial charge in [0.2, 0.25) is 0 Å². The molecule has 0 atom stereocenters. The fraction of sp³-hybridized carbons (Fsp3) is 0.636. The van der Waals surface area contributed by atoms with Crippen LogP contribution >= 0.6 is 0 Å². The van der Waals surface area contributed by atoms with Crippen LogP contribution < -0.4 is 4.22 Å². The van der Waals surface area contributed by atoms with Gasteiger partial charge in [0, 0.05) is 0 Å². The first-order chi connectivity index (χ1) is 5.64. The minimum atomic E-state index is -2.86. The molecule has 1 nitrogen and oxygen atoms in total. The van der Waals surface area contributed by atoms with E-state index >= 15 is 0 Å². The molecule has 0 aromatic heterocycles. The van der Waals surface area contributed by atoms with E-state index in [0.717, 1.165) is 6.42 Å². The molecule has 0 spiro atoms. The number of nitrogens with two attached hydrogens (primary N) is 1. The van der Waals surface area contributed by atoms with E-state index in [-0.39, 0.29) is 3.72 Å². The van der Waals surface area contributed by atoms with Gasteiger partial charge >= 0.3 is 83.3 Å². The Labute approximate surface area is 83.3 Å². The van der Waals surface area contributed by atoms with Crippen LogP contribution in [0.2, 0.25) is 14.2 Å². The molecule has 0 bridgehead atoms. The van der Waals surface area contributed by atoms with Crippen molar-refractivity contribution in [1.29, 1.82) is 0 Å². The SMILES string of the molecule is C[C](C)(C)[Ti]([CH3])([CH3])([NH2])[C]1=CC=CC1. The summed E-state index contributed by atoms with van der Waals surface area (Å²) in [5.74, 6) is 0. The van der Waals surface area contributed by atoms with Gasteiger partial charge in [-0.05, 0) is 0 Å². The molecule has 1 rings (SSSR count). The first kappa shape index (κ1) is 11.2. The van der Waals surface area contributed by atoms with Crippen LogP contribution in [-0.4, -0.2) is 0 Å². The standard InChI is InChI=1S/C5H5.C4H9.2CH3.H2N.Ti/c1-2-4-5-3-1;1-4(2)3;;;;/h1-3H,4H2;1-3H3;2*1H3;1H2;/q;;;;-1;+1. The van der Waals surface area contributed by atoms with Gasteiger partial charge in [-0.25, -0.2) is 0 Å². The normalized spacial score (nSPS) is 21.1. The van der Waals surface area contributed by atoms with Crippen LogP contribution in [0.3, 0.4) is 0 Å². The number of allylic oxidation sites excluding steroid dienone is 4. The molecule has 0 aliphatic heterocycles. The summed E-state index contributed by atoms with van der Waals surface area (Å²) in [6.45, 7) is 6.84. The Hall–Kier alpha value is 0.154. The first-order valence-corrected chi connectivity index (χ1v) is 10.6. The predicted molar refractivity (Wildman–Crippen MR) is 57.5 cm³/mol. The Balaban J connectivity index is 3.11. The van der Waals surface area contributed by atoms with E-state index in [1.54, 1.807) is 0 Å². The maximum absolute atomic E-state index is 6.73. The fourth-order valence-corrected chi connectivity index (χ4v) is 5.12. The molecular weight excluding hydrogens is 194 g/mol. The van der Waals surface area contributed by atoms with Gasteiger partial charge in [0.1, 0.15) is 0 Å². The van der Waals surface area contributed by atoms with Gasteiger partial charge in [-0.2, -0.15) is 0 Å². The number of hydrogen-bond donors (Lipinski definition) is 1. The van der Waals surface area contributed by atoms with Crippen molar-refractivity contribution in [1.82, 2.24) is 0 Å². The molecule has 0 amide bonds. The Bertz CT molecular complexity index is 271. The van der Waals surface area contributed by atoms with Crippen molar-refractivity contribution in [2.24, 2.45) is 4.22 Å². The van der Waals surface area contributed by atoms with Crippen molar-refractivity contribution in [2.75, 3.05) is 0 Å². The van der Waals surface area contributed by atoms with Gasteiger partial charge in [0.25, 0.3) is 0 Å². The van der Waals surface area contributed by atoms with Crippen LogP contribution in [-0.2, 0) is 15.6 Å². The molecule has 1 aliphatic carbocycles. The molecule has 0 saturated carbocycles. The molecule has 75 valence electrons. The minimum absolute atomic E-state index is 0.259. The van der Waals surface area contributed by atoms with Gasteiger partial charge in [0.05, 0.1) is 0 Å². The van der Waals surface area contributed by atoms with Crippen molar-refractivity contribution in [3.63, 3.8) is 0 Å². The summed E-state index contributed by atoms with van der Waals surface area (Å²) in [4.78, 5) is 0. The van der Waals surface area contributed by atoms with Crippen LogP contribution in [0.25, 0.3) is 0 Å². The second-order valence-electron chi connectivity index (χ2n) is 6.07. The van der Waals surface area contributed by atoms with Crippen LogP contribution in [0.4, 0.5) is 0 Å². The van der Waals surface area contributed by atoms with E-state index < -0.39 is 15.6 Å². The fourth-order valence-electron chi connectivity index (χ4n) is 1.50. The van der Waals surface area contributed by atoms with Crippen molar-refractivity contribution in [2.45, 2.75) is 41.4 Å². The molecule has 13 heavy (non-hydrogen) atoms. The van der Waals surface area contributed by atoms with Crippen LogP contribution in [0.15, 0.2) is 22.1 Å². The van der Waals surface area contributed by atoms with Crippen molar-refractivity contribution in [3.8, 4) is 0 Å². The molecule has 0 aromatic carbocycles. The van der Waals surface area contributed by atoms with E-state index in [4.69, 9.17) is 4.22 Å². The summed E-state index contributed by atoms with van der Waals surface area (Å²) in [6, 6.07) is 0. The summed E-state index contributed by atoms with van der Waals surface area (Å²) in [7, 11) is 0. The molecule has 0 unspecified atom stereocenters. The van der Waals surface area contributed by atoms with E-state index in [1.165, 1.54) is 3.88 Å². The Morgan fingerprint density at radius 3 is 2.15 bits per heavy atom. The van der Waals surface area contributed by atoms with Crippen molar-refractivity contribution >= 4 is 0 Å². The van der Waals surface area contributed by atoms with E-state index in [2.05, 4.69) is 49.5 Å². The molecule has 2 heteroatoms. The first-order valence-electron chi connectivity index (χ1n) is 5.01. The van der Waals surface area contributed by atoms with Crippen molar-refractivity contribution in [3.05, 3.63) is 22.1 Å². The second kappa shape index (κ2) is 2.82. The molecular formula is C11H22NTi. The summed E-state index contributed by atoms with van der Waals surface area (Å²) >= 11 is -2.86. The molecule has 1 aliphatic rings. The van der Waals surface area contributed by atoms with Crippen LogP contribution in [0.1, 0.15) is 27.2 Å². The monoisotopic (exact) mass is 216 g/mol. The third-order valence-corrected chi connectivity index (χ3v) is 14.9. The molecule has 0 aromatic rings. The van der Waals surface area contributed by atoms with Gasteiger partial charge < -0.3 is 0 Å². The number of rotatable bonds is 1. The van der Waals surface area contributed by atoms with Gasteiger partial charge in [-0.1, -0.05) is 0 Å². The average Bonchev–Trinajstić information content (AvgIpc) is 2.32. The van der Waals surface area contributed by atoms with Gasteiger partial charge in [0.15, 0.2) is 0 Å². The summed E-state index contributed by atoms with van der Waals surface area (Å²) in [6.07, 6.45) is 7.67. The quantitative estimate of drug-likeness (QED) is 0.664. The zero-order valence-corrected chi connectivity index (χ0v) is 11.1. The molecule has 0 saturated heterocycles. The zero-order valence-electron chi connectivity index (χ0n) is 9.52. The topological polar surface area (TPSA) is 26.0 Å². The van der Waals surface area contributed by atoms with E-state index in [9.17, 15) is 0 Å². The van der Waals surface area contributed by atoms with Gasteiger partial charge in [-0.15, -0.1) is 0 Å². The third-order valence-electron chi connectivity index (χ3n) is 4.07. The summed E-state index contributed by atoms with van der Waals surface area (Å²) in [5, 5.41) is 4.66. The number of hydrogen-bond acceptors (Lipinski definition) is 1. The Morgan fingerprint density at radius 1 is 1.31 bits per heavy atom. The molecule has 0 radical (unpaired) electrons. The van der Waals surface area contributed by atoms with Gasteiger partial charge in [-0.3, -0.25) is 0 Å². The molecule has 0 fully saturated rings. The third kappa shape index (κ3) is 1.70. The van der Waals surface area contributed by atoms with E-state index in [1.807, 2.05) is 0 Å². The average molecular weight is 216 g/mol. The van der Waals surface area contributed by atoms with E-state index in [0.29, 0.717) is 0 Å². The Kier molecular flexibility index (Phi) is 2.44. The second-order valence-corrected chi connectivity index (χ2v) is 17.2. The Morgan fingerprint density at radius 2 is 1.85 bits per heavy atom. The van der Waals surface area contributed by atoms with Crippen LogP contribution in [0.5, 0.6) is 0 Å². The zero-order chi connectivity index (χ0) is 10.4. The maximum atomic E-state index is 6.73. The summed E-state index contributed by atoms with van der Waals surface area (Å²) < 4.78 is 8.50. The summed E-state index contributed by atoms with van der Waals surface area (Å²) in [5.41, 5.74) is 0. The van der Waals surface area contributed by atoms with Crippen LogP contribution in [0, 0.1) is 0 Å². The predicted octanol–water partition coefficient (Wildman–Crippen LogP) is 3.71. The molecule has 0 heterocycles. The molecule has 2 N–H and O–H groups in total.